The van der Waals surface area contributed by atoms with Gasteiger partial charge in [-0.1, -0.05) is 38.2 Å². The highest BCUT2D eigenvalue weighted by molar-refractivity contribution is 5.71. The lowest BCUT2D eigenvalue weighted by atomic mass is 9.83. The van der Waals surface area contributed by atoms with E-state index in [4.69, 9.17) is 5.11 Å². The summed E-state index contributed by atoms with van der Waals surface area (Å²) in [5, 5.41) is 9.10. The first-order valence-corrected chi connectivity index (χ1v) is 5.03. The first-order chi connectivity index (χ1) is 6.54. The lowest BCUT2D eigenvalue weighted by Crippen LogP contribution is -2.26. The topological polar surface area (TPSA) is 37.3 Å². The van der Waals surface area contributed by atoms with E-state index in [1.54, 1.807) is 0 Å². The maximum absolute atomic E-state index is 11.1. The van der Waals surface area contributed by atoms with Gasteiger partial charge in [0.05, 0.1) is 5.92 Å². The Bertz CT molecular complexity index is 210. The summed E-state index contributed by atoms with van der Waals surface area (Å²) in [6.45, 7) is 7.71. The molecule has 1 N–H and O–H groups in total. The molecule has 0 heterocycles. The number of hydrogen-bond acceptors (Lipinski definition) is 1. The molecule has 0 bridgehead atoms. The normalized spacial score (nSPS) is 16.6. The van der Waals surface area contributed by atoms with Crippen molar-refractivity contribution in [3.8, 4) is 0 Å². The van der Waals surface area contributed by atoms with Crippen molar-refractivity contribution in [2.24, 2.45) is 17.8 Å². The van der Waals surface area contributed by atoms with Gasteiger partial charge < -0.3 is 5.11 Å². The van der Waals surface area contributed by atoms with Gasteiger partial charge in [-0.3, -0.25) is 4.79 Å². The van der Waals surface area contributed by atoms with E-state index in [2.05, 4.69) is 0 Å². The Morgan fingerprint density at radius 1 is 1.07 bits per heavy atom. The molecule has 0 aliphatic rings. The number of allylic oxidation sites excluding steroid dienone is 4. The third kappa shape index (κ3) is 3.77. The number of rotatable bonds is 5. The second kappa shape index (κ2) is 6.41. The average molecular weight is 196 g/mol. The summed E-state index contributed by atoms with van der Waals surface area (Å²) in [4.78, 5) is 11.1. The Hall–Kier alpha value is -1.05. The van der Waals surface area contributed by atoms with Gasteiger partial charge in [0.1, 0.15) is 0 Å². The average Bonchev–Trinajstić information content (AvgIpc) is 2.04. The van der Waals surface area contributed by atoms with Crippen molar-refractivity contribution in [1.82, 2.24) is 0 Å². The fourth-order valence-corrected chi connectivity index (χ4v) is 1.78. The molecule has 2 nitrogen and oxygen atoms in total. The van der Waals surface area contributed by atoms with Crippen LogP contribution in [-0.4, -0.2) is 11.1 Å². The van der Waals surface area contributed by atoms with E-state index in [0.29, 0.717) is 0 Å². The number of aliphatic carboxylic acids is 1. The standard InChI is InChI=1S/C12H20O2/c1-5-7-9(3)11(12(13)14)10(4)8-6-2/h5-11H,1-4H3,(H,13,14)/b7-5+,8-6+/t9-,10-/m0/s1. The number of carbonyl (C=O) groups is 1. The molecular formula is C12H20O2. The van der Waals surface area contributed by atoms with E-state index in [-0.39, 0.29) is 17.8 Å². The molecule has 0 aliphatic heterocycles. The third-order valence-electron chi connectivity index (χ3n) is 2.41. The first kappa shape index (κ1) is 12.9. The van der Waals surface area contributed by atoms with Crippen LogP contribution in [0, 0.1) is 17.8 Å². The summed E-state index contributed by atoms with van der Waals surface area (Å²) < 4.78 is 0. The van der Waals surface area contributed by atoms with Crippen LogP contribution in [0.15, 0.2) is 24.3 Å². The maximum atomic E-state index is 11.1. The van der Waals surface area contributed by atoms with E-state index >= 15 is 0 Å². The Morgan fingerprint density at radius 2 is 1.43 bits per heavy atom. The number of carboxylic acid groups (broad SMARTS) is 1. The van der Waals surface area contributed by atoms with Crippen molar-refractivity contribution in [2.75, 3.05) is 0 Å². The largest absolute Gasteiger partial charge is 0.481 e. The Kier molecular flexibility index (Phi) is 5.93. The van der Waals surface area contributed by atoms with Crippen molar-refractivity contribution in [3.63, 3.8) is 0 Å². The molecular weight excluding hydrogens is 176 g/mol. The smallest absolute Gasteiger partial charge is 0.307 e. The lowest BCUT2D eigenvalue weighted by Gasteiger charge is -2.21. The van der Waals surface area contributed by atoms with Crippen LogP contribution in [0.25, 0.3) is 0 Å². The fourth-order valence-electron chi connectivity index (χ4n) is 1.78. The molecule has 2 atom stereocenters. The minimum Gasteiger partial charge on any atom is -0.481 e. The Balaban J connectivity index is 4.66. The van der Waals surface area contributed by atoms with E-state index in [1.807, 2.05) is 52.0 Å². The molecule has 0 fully saturated rings. The van der Waals surface area contributed by atoms with Gasteiger partial charge in [0, 0.05) is 0 Å². The molecule has 0 aliphatic carbocycles. The summed E-state index contributed by atoms with van der Waals surface area (Å²) in [5.41, 5.74) is 0. The number of hydrogen-bond donors (Lipinski definition) is 1. The Labute approximate surface area is 86.3 Å². The van der Waals surface area contributed by atoms with Gasteiger partial charge in [0.2, 0.25) is 0 Å². The summed E-state index contributed by atoms with van der Waals surface area (Å²) in [6.07, 6.45) is 7.70. The van der Waals surface area contributed by atoms with Crippen LogP contribution < -0.4 is 0 Å². The summed E-state index contributed by atoms with van der Waals surface area (Å²) >= 11 is 0. The molecule has 0 amide bonds. The fraction of sp³-hybridized carbons (Fsp3) is 0.583. The van der Waals surface area contributed by atoms with Crippen molar-refractivity contribution >= 4 is 5.97 Å². The first-order valence-electron chi connectivity index (χ1n) is 5.03. The van der Waals surface area contributed by atoms with Crippen LogP contribution in [0.3, 0.4) is 0 Å². The van der Waals surface area contributed by atoms with Crippen molar-refractivity contribution in [3.05, 3.63) is 24.3 Å². The van der Waals surface area contributed by atoms with Gasteiger partial charge in [-0.2, -0.15) is 0 Å². The van der Waals surface area contributed by atoms with E-state index < -0.39 is 5.97 Å². The van der Waals surface area contributed by atoms with Gasteiger partial charge in [-0.25, -0.2) is 0 Å². The molecule has 0 radical (unpaired) electrons. The summed E-state index contributed by atoms with van der Waals surface area (Å²) in [7, 11) is 0. The quantitative estimate of drug-likeness (QED) is 0.686. The van der Waals surface area contributed by atoms with E-state index in [0.717, 1.165) is 0 Å². The zero-order valence-electron chi connectivity index (χ0n) is 9.40. The predicted octanol–water partition coefficient (Wildman–Crippen LogP) is 3.11. The number of carboxylic acids is 1. The second-order valence-corrected chi connectivity index (χ2v) is 3.63. The molecule has 0 spiro atoms. The van der Waals surface area contributed by atoms with Crippen molar-refractivity contribution in [2.45, 2.75) is 27.7 Å². The van der Waals surface area contributed by atoms with E-state index in [1.165, 1.54) is 0 Å². The van der Waals surface area contributed by atoms with Gasteiger partial charge in [-0.15, -0.1) is 0 Å². The zero-order chi connectivity index (χ0) is 11.1. The van der Waals surface area contributed by atoms with Gasteiger partial charge >= 0.3 is 5.97 Å². The Morgan fingerprint density at radius 3 is 1.64 bits per heavy atom. The van der Waals surface area contributed by atoms with Crippen molar-refractivity contribution in [1.29, 1.82) is 0 Å². The molecule has 14 heavy (non-hydrogen) atoms. The predicted molar refractivity (Wildman–Crippen MR) is 59.1 cm³/mol. The lowest BCUT2D eigenvalue weighted by molar-refractivity contribution is -0.144. The summed E-state index contributed by atoms with van der Waals surface area (Å²) in [5.74, 6) is -0.906. The summed E-state index contributed by atoms with van der Waals surface area (Å²) in [6, 6.07) is 0. The van der Waals surface area contributed by atoms with Crippen LogP contribution in [0.5, 0.6) is 0 Å². The SMILES string of the molecule is C/C=C/[C@H](C)C(C(=O)O)[C@@H](C)/C=C/C. The highest BCUT2D eigenvalue weighted by Crippen LogP contribution is 2.23. The molecule has 0 aromatic heterocycles. The minimum atomic E-state index is -0.721. The van der Waals surface area contributed by atoms with E-state index in [9.17, 15) is 4.79 Å². The molecule has 0 aromatic rings. The maximum Gasteiger partial charge on any atom is 0.307 e. The highest BCUT2D eigenvalue weighted by atomic mass is 16.4. The van der Waals surface area contributed by atoms with Crippen LogP contribution in [0.2, 0.25) is 0 Å². The van der Waals surface area contributed by atoms with Gasteiger partial charge in [-0.05, 0) is 25.7 Å². The van der Waals surface area contributed by atoms with Crippen LogP contribution in [0.1, 0.15) is 27.7 Å². The molecule has 0 saturated heterocycles. The highest BCUT2D eigenvalue weighted by Gasteiger charge is 2.27. The second-order valence-electron chi connectivity index (χ2n) is 3.63. The third-order valence-corrected chi connectivity index (χ3v) is 2.41. The molecule has 0 rings (SSSR count). The van der Waals surface area contributed by atoms with Gasteiger partial charge in [0.25, 0.3) is 0 Å². The molecule has 0 unspecified atom stereocenters. The molecule has 0 aromatic carbocycles. The van der Waals surface area contributed by atoms with Crippen molar-refractivity contribution < 1.29 is 9.90 Å². The van der Waals surface area contributed by atoms with Gasteiger partial charge in [0.15, 0.2) is 0 Å². The van der Waals surface area contributed by atoms with Crippen LogP contribution in [-0.2, 0) is 4.79 Å². The van der Waals surface area contributed by atoms with Crippen LogP contribution in [0.4, 0.5) is 0 Å². The van der Waals surface area contributed by atoms with Crippen LogP contribution >= 0.6 is 0 Å². The molecule has 0 saturated carbocycles. The minimum absolute atomic E-state index is 0.0729. The molecule has 2 heteroatoms. The zero-order valence-corrected chi connectivity index (χ0v) is 9.40. The molecule has 80 valence electrons. The monoisotopic (exact) mass is 196 g/mol.